The Morgan fingerprint density at radius 1 is 1.18 bits per heavy atom. The molecule has 4 rings (SSSR count). The molecule has 0 atom stereocenters. The largest absolute Gasteiger partial charge is 0.346 e. The van der Waals surface area contributed by atoms with Gasteiger partial charge in [0.1, 0.15) is 5.01 Å². The Balaban J connectivity index is 1.59. The number of aromatic nitrogens is 3. The smallest absolute Gasteiger partial charge is 0.275 e. The van der Waals surface area contributed by atoms with Crippen LogP contribution in [0, 0.1) is 6.92 Å². The number of carbonyl (C=O) groups is 1. The van der Waals surface area contributed by atoms with E-state index >= 15 is 0 Å². The summed E-state index contributed by atoms with van der Waals surface area (Å²) < 4.78 is 1.28. The van der Waals surface area contributed by atoms with Crippen molar-refractivity contribution < 1.29 is 4.79 Å². The van der Waals surface area contributed by atoms with Gasteiger partial charge in [-0.05, 0) is 31.2 Å². The molecule has 2 heterocycles. The third-order valence-corrected chi connectivity index (χ3v) is 5.27. The lowest BCUT2D eigenvalue weighted by molar-refractivity contribution is 0.0950. The van der Waals surface area contributed by atoms with Crippen LogP contribution in [0.3, 0.4) is 0 Å². The minimum Gasteiger partial charge on any atom is -0.346 e. The van der Waals surface area contributed by atoms with Crippen LogP contribution in [-0.4, -0.2) is 20.5 Å². The van der Waals surface area contributed by atoms with Gasteiger partial charge in [0, 0.05) is 22.2 Å². The predicted octanol–water partition coefficient (Wildman–Crippen LogP) is 3.71. The molecular weight excluding hydrogens is 396 g/mol. The van der Waals surface area contributed by atoms with Crippen LogP contribution in [0.2, 0.25) is 5.02 Å². The van der Waals surface area contributed by atoms with E-state index in [1.807, 2.05) is 31.2 Å². The van der Waals surface area contributed by atoms with E-state index < -0.39 is 0 Å². The SMILES string of the molecule is Cc1cccc(-c2nn3c(=O)cc(CNC(=O)c4cccc(Cl)c4)nc3s2)c1. The van der Waals surface area contributed by atoms with Crippen molar-refractivity contribution in [2.45, 2.75) is 13.5 Å². The summed E-state index contributed by atoms with van der Waals surface area (Å²) in [6, 6.07) is 15.9. The van der Waals surface area contributed by atoms with Gasteiger partial charge in [-0.2, -0.15) is 9.61 Å². The molecule has 2 aromatic heterocycles. The number of carbonyl (C=O) groups excluding carboxylic acids is 1. The van der Waals surface area contributed by atoms with Crippen LogP contribution in [0.15, 0.2) is 59.4 Å². The van der Waals surface area contributed by atoms with Crippen LogP contribution in [0.5, 0.6) is 0 Å². The number of nitrogens with one attached hydrogen (secondary N) is 1. The third-order valence-electron chi connectivity index (χ3n) is 4.08. The summed E-state index contributed by atoms with van der Waals surface area (Å²) in [6.45, 7) is 2.14. The molecule has 28 heavy (non-hydrogen) atoms. The summed E-state index contributed by atoms with van der Waals surface area (Å²) in [7, 11) is 0. The second-order valence-electron chi connectivity index (χ2n) is 6.25. The molecule has 0 aliphatic heterocycles. The molecule has 0 aliphatic rings. The molecule has 0 unspecified atom stereocenters. The highest BCUT2D eigenvalue weighted by atomic mass is 35.5. The normalized spacial score (nSPS) is 10.9. The number of hydrogen-bond acceptors (Lipinski definition) is 5. The molecule has 0 saturated carbocycles. The van der Waals surface area contributed by atoms with Gasteiger partial charge in [-0.15, -0.1) is 0 Å². The van der Waals surface area contributed by atoms with Crippen LogP contribution < -0.4 is 10.9 Å². The number of hydrogen-bond donors (Lipinski definition) is 1. The number of benzene rings is 2. The van der Waals surface area contributed by atoms with Crippen LogP contribution in [-0.2, 0) is 6.54 Å². The van der Waals surface area contributed by atoms with E-state index in [1.54, 1.807) is 24.3 Å². The van der Waals surface area contributed by atoms with Gasteiger partial charge in [-0.3, -0.25) is 9.59 Å². The Hall–Kier alpha value is -3.03. The molecule has 0 fully saturated rings. The minimum absolute atomic E-state index is 0.134. The highest BCUT2D eigenvalue weighted by molar-refractivity contribution is 7.19. The molecule has 4 aromatic rings. The minimum atomic E-state index is -0.285. The fourth-order valence-corrected chi connectivity index (χ4v) is 3.85. The molecule has 0 spiro atoms. The Kier molecular flexibility index (Phi) is 4.93. The fraction of sp³-hybridized carbons (Fsp3) is 0.100. The van der Waals surface area contributed by atoms with Gasteiger partial charge >= 0.3 is 0 Å². The van der Waals surface area contributed by atoms with Crippen molar-refractivity contribution in [3.8, 4) is 10.6 Å². The lowest BCUT2D eigenvalue weighted by Crippen LogP contribution is -2.25. The van der Waals surface area contributed by atoms with Crippen molar-refractivity contribution in [3.63, 3.8) is 0 Å². The molecule has 6 nitrogen and oxygen atoms in total. The van der Waals surface area contributed by atoms with Crippen molar-refractivity contribution in [3.05, 3.63) is 86.8 Å². The zero-order chi connectivity index (χ0) is 19.7. The van der Waals surface area contributed by atoms with Gasteiger partial charge in [-0.1, -0.05) is 52.8 Å². The summed E-state index contributed by atoms with van der Waals surface area (Å²) in [5.41, 5.74) is 2.68. The third kappa shape index (κ3) is 3.81. The summed E-state index contributed by atoms with van der Waals surface area (Å²) in [5, 5.41) is 8.33. The molecule has 1 amide bonds. The number of rotatable bonds is 4. The first-order valence-corrected chi connectivity index (χ1v) is 9.70. The number of nitrogens with zero attached hydrogens (tertiary/aromatic N) is 3. The quantitative estimate of drug-likeness (QED) is 0.556. The number of aryl methyl sites for hydroxylation is 1. The number of fused-ring (bicyclic) bond motifs is 1. The van der Waals surface area contributed by atoms with Crippen LogP contribution in [0.4, 0.5) is 0 Å². The molecule has 0 saturated heterocycles. The Labute approximate surface area is 169 Å². The standard InChI is InChI=1S/C20H15ClN4O2S/c1-12-4-2-6-14(8-12)19-24-25-17(26)10-16(23-20(25)28-19)11-22-18(27)13-5-3-7-15(21)9-13/h2-10H,11H2,1H3,(H,22,27). The first kappa shape index (κ1) is 18.3. The predicted molar refractivity (Wildman–Crippen MR) is 110 cm³/mol. The average Bonchev–Trinajstić information content (AvgIpc) is 3.11. The van der Waals surface area contributed by atoms with Gasteiger partial charge in [0.2, 0.25) is 4.96 Å². The van der Waals surface area contributed by atoms with Gasteiger partial charge in [-0.25, -0.2) is 4.98 Å². The van der Waals surface area contributed by atoms with E-state index in [1.165, 1.54) is 21.9 Å². The van der Waals surface area contributed by atoms with E-state index in [0.717, 1.165) is 11.1 Å². The molecule has 0 bridgehead atoms. The van der Waals surface area contributed by atoms with Crippen LogP contribution in [0.25, 0.3) is 15.5 Å². The zero-order valence-electron chi connectivity index (χ0n) is 14.8. The maximum Gasteiger partial charge on any atom is 0.275 e. The topological polar surface area (TPSA) is 76.4 Å². The summed E-state index contributed by atoms with van der Waals surface area (Å²) in [4.78, 5) is 29.6. The van der Waals surface area contributed by atoms with Gasteiger partial charge < -0.3 is 5.32 Å². The van der Waals surface area contributed by atoms with E-state index in [2.05, 4.69) is 15.4 Å². The lowest BCUT2D eigenvalue weighted by Gasteiger charge is -2.05. The van der Waals surface area contributed by atoms with Gasteiger partial charge in [0.15, 0.2) is 0 Å². The van der Waals surface area contributed by atoms with Gasteiger partial charge in [0.25, 0.3) is 11.5 Å². The molecule has 8 heteroatoms. The number of halogens is 1. The first-order chi connectivity index (χ1) is 13.5. The van der Waals surface area contributed by atoms with E-state index in [4.69, 9.17) is 11.6 Å². The average molecular weight is 411 g/mol. The van der Waals surface area contributed by atoms with Crippen molar-refractivity contribution >= 4 is 33.8 Å². The highest BCUT2D eigenvalue weighted by Gasteiger charge is 2.12. The van der Waals surface area contributed by atoms with E-state index in [-0.39, 0.29) is 18.0 Å². The highest BCUT2D eigenvalue weighted by Crippen LogP contribution is 2.24. The van der Waals surface area contributed by atoms with E-state index in [9.17, 15) is 9.59 Å². The summed E-state index contributed by atoms with van der Waals surface area (Å²) in [5.74, 6) is -0.283. The second-order valence-corrected chi connectivity index (χ2v) is 7.64. The Bertz CT molecular complexity index is 1250. The summed E-state index contributed by atoms with van der Waals surface area (Å²) in [6.07, 6.45) is 0. The molecule has 0 aliphatic carbocycles. The summed E-state index contributed by atoms with van der Waals surface area (Å²) >= 11 is 7.24. The van der Waals surface area contributed by atoms with Crippen LogP contribution in [0.1, 0.15) is 21.6 Å². The molecule has 0 radical (unpaired) electrons. The Morgan fingerprint density at radius 3 is 2.79 bits per heavy atom. The van der Waals surface area contributed by atoms with E-state index in [0.29, 0.717) is 26.2 Å². The maximum absolute atomic E-state index is 12.4. The number of amides is 1. The molecule has 140 valence electrons. The lowest BCUT2D eigenvalue weighted by atomic mass is 10.1. The maximum atomic E-state index is 12.4. The zero-order valence-corrected chi connectivity index (χ0v) is 16.4. The van der Waals surface area contributed by atoms with Crippen LogP contribution >= 0.6 is 22.9 Å². The van der Waals surface area contributed by atoms with Crippen molar-refractivity contribution in [1.29, 1.82) is 0 Å². The van der Waals surface area contributed by atoms with Crippen molar-refractivity contribution in [1.82, 2.24) is 19.9 Å². The molecule has 1 N–H and O–H groups in total. The van der Waals surface area contributed by atoms with Crippen molar-refractivity contribution in [2.75, 3.05) is 0 Å². The monoisotopic (exact) mass is 410 g/mol. The van der Waals surface area contributed by atoms with Crippen molar-refractivity contribution in [2.24, 2.45) is 0 Å². The Morgan fingerprint density at radius 2 is 2.00 bits per heavy atom. The first-order valence-electron chi connectivity index (χ1n) is 8.50. The molecule has 2 aromatic carbocycles. The van der Waals surface area contributed by atoms with Gasteiger partial charge in [0.05, 0.1) is 12.2 Å². The fourth-order valence-electron chi connectivity index (χ4n) is 2.74. The molecular formula is C20H15ClN4O2S. The second kappa shape index (κ2) is 7.53.